The first-order valence-corrected chi connectivity index (χ1v) is 13.9. The summed E-state index contributed by atoms with van der Waals surface area (Å²) in [4.78, 5) is 29.7. The minimum Gasteiger partial charge on any atom is -0.354 e. The maximum absolute atomic E-state index is 13.6. The molecule has 0 aliphatic carbocycles. The highest BCUT2D eigenvalue weighted by atomic mass is 79.9. The molecule has 4 nitrogen and oxygen atoms in total. The second-order valence-electron chi connectivity index (χ2n) is 8.20. The van der Waals surface area contributed by atoms with Gasteiger partial charge < -0.3 is 10.2 Å². The van der Waals surface area contributed by atoms with Crippen LogP contribution in [-0.2, 0) is 22.6 Å². The minimum atomic E-state index is -0.597. The van der Waals surface area contributed by atoms with Crippen LogP contribution >= 0.6 is 39.3 Å². The molecule has 0 spiro atoms. The molecule has 35 heavy (non-hydrogen) atoms. The van der Waals surface area contributed by atoms with Crippen LogP contribution in [0, 0.1) is 0 Å². The number of rotatable bonds is 12. The Balaban J connectivity index is 1.81. The van der Waals surface area contributed by atoms with Gasteiger partial charge in [-0.2, -0.15) is 0 Å². The summed E-state index contributed by atoms with van der Waals surface area (Å²) < 4.78 is 0.972. The van der Waals surface area contributed by atoms with E-state index in [1.54, 1.807) is 16.7 Å². The minimum absolute atomic E-state index is 0.0399. The maximum Gasteiger partial charge on any atom is 0.243 e. The van der Waals surface area contributed by atoms with Crippen molar-refractivity contribution in [2.24, 2.45) is 0 Å². The van der Waals surface area contributed by atoms with E-state index in [1.165, 1.54) is 0 Å². The van der Waals surface area contributed by atoms with Gasteiger partial charge in [-0.05, 0) is 53.9 Å². The number of hydrogen-bond acceptors (Lipinski definition) is 3. The Labute approximate surface area is 225 Å². The van der Waals surface area contributed by atoms with Gasteiger partial charge in [-0.15, -0.1) is 11.8 Å². The smallest absolute Gasteiger partial charge is 0.243 e. The first-order valence-electron chi connectivity index (χ1n) is 11.7. The lowest BCUT2D eigenvalue weighted by Crippen LogP contribution is -2.50. The Morgan fingerprint density at radius 2 is 1.66 bits per heavy atom. The van der Waals surface area contributed by atoms with Crippen LogP contribution in [0.25, 0.3) is 0 Å². The Hall–Kier alpha value is -2.28. The quantitative estimate of drug-likeness (QED) is 0.244. The largest absolute Gasteiger partial charge is 0.354 e. The number of halogens is 2. The van der Waals surface area contributed by atoms with Crippen LogP contribution in [0.4, 0.5) is 0 Å². The molecular formula is C28H30BrClN2O2S. The zero-order valence-electron chi connectivity index (χ0n) is 19.8. The molecule has 3 rings (SSSR count). The summed E-state index contributed by atoms with van der Waals surface area (Å²) in [6.45, 7) is 2.97. The number of nitrogens with one attached hydrogen (secondary N) is 1. The third-order valence-corrected chi connectivity index (χ3v) is 7.28. The Kier molecular flexibility index (Phi) is 11.2. The summed E-state index contributed by atoms with van der Waals surface area (Å²) in [7, 11) is 0. The fourth-order valence-electron chi connectivity index (χ4n) is 3.64. The predicted octanol–water partition coefficient (Wildman–Crippen LogP) is 6.75. The van der Waals surface area contributed by atoms with Crippen molar-refractivity contribution in [3.8, 4) is 0 Å². The van der Waals surface area contributed by atoms with Gasteiger partial charge in [0, 0.05) is 46.1 Å². The molecule has 0 bridgehead atoms. The monoisotopic (exact) mass is 572 g/mol. The van der Waals surface area contributed by atoms with Crippen molar-refractivity contribution < 1.29 is 9.59 Å². The Bertz CT molecular complexity index is 1080. The van der Waals surface area contributed by atoms with E-state index in [1.807, 2.05) is 85.8 Å². The number of nitrogens with zero attached hydrogens (tertiary/aromatic N) is 1. The molecule has 0 aliphatic rings. The van der Waals surface area contributed by atoms with Crippen LogP contribution in [0.3, 0.4) is 0 Å². The second-order valence-corrected chi connectivity index (χ2v) is 10.7. The molecule has 184 valence electrons. The van der Waals surface area contributed by atoms with Gasteiger partial charge in [0.2, 0.25) is 11.8 Å². The van der Waals surface area contributed by atoms with Crippen LogP contribution in [0.1, 0.15) is 30.9 Å². The predicted molar refractivity (Wildman–Crippen MR) is 149 cm³/mol. The number of hydrogen-bond donors (Lipinski definition) is 1. The number of benzene rings is 3. The average Bonchev–Trinajstić information content (AvgIpc) is 2.87. The number of amides is 2. The molecule has 0 saturated heterocycles. The topological polar surface area (TPSA) is 49.4 Å². The molecule has 1 N–H and O–H groups in total. The Morgan fingerprint density at radius 1 is 0.971 bits per heavy atom. The highest BCUT2D eigenvalue weighted by molar-refractivity contribution is 9.10. The standard InChI is InChI=1S/C28H30BrClN2O2S/c1-2-17-31-28(34)26(19-21-6-4-3-5-7-21)32(20-22-8-10-23(29)11-9-22)27(33)16-18-35-25-14-12-24(30)13-15-25/h3-15,26H,2,16-20H2,1H3,(H,31,34). The van der Waals surface area contributed by atoms with E-state index in [-0.39, 0.29) is 11.8 Å². The van der Waals surface area contributed by atoms with E-state index in [4.69, 9.17) is 11.6 Å². The van der Waals surface area contributed by atoms with Gasteiger partial charge in [-0.1, -0.05) is 76.9 Å². The van der Waals surface area contributed by atoms with Gasteiger partial charge in [-0.25, -0.2) is 0 Å². The molecule has 0 saturated carbocycles. The maximum atomic E-state index is 13.6. The van der Waals surface area contributed by atoms with E-state index in [0.29, 0.717) is 36.7 Å². The van der Waals surface area contributed by atoms with E-state index < -0.39 is 6.04 Å². The summed E-state index contributed by atoms with van der Waals surface area (Å²) in [6.07, 6.45) is 1.63. The van der Waals surface area contributed by atoms with E-state index in [0.717, 1.165) is 26.9 Å². The molecule has 0 radical (unpaired) electrons. The van der Waals surface area contributed by atoms with Crippen molar-refractivity contribution >= 4 is 51.1 Å². The van der Waals surface area contributed by atoms with E-state index in [2.05, 4.69) is 21.2 Å². The lowest BCUT2D eigenvalue weighted by Gasteiger charge is -2.31. The highest BCUT2D eigenvalue weighted by Crippen LogP contribution is 2.23. The van der Waals surface area contributed by atoms with Gasteiger partial charge in [0.05, 0.1) is 0 Å². The van der Waals surface area contributed by atoms with Gasteiger partial charge >= 0.3 is 0 Å². The van der Waals surface area contributed by atoms with Crippen LogP contribution in [-0.4, -0.2) is 35.1 Å². The first-order chi connectivity index (χ1) is 17.0. The lowest BCUT2D eigenvalue weighted by atomic mass is 10.0. The van der Waals surface area contributed by atoms with Gasteiger partial charge in [0.15, 0.2) is 0 Å². The van der Waals surface area contributed by atoms with Crippen molar-refractivity contribution in [1.82, 2.24) is 10.2 Å². The first kappa shape index (κ1) is 27.3. The van der Waals surface area contributed by atoms with Crippen molar-refractivity contribution in [2.45, 2.75) is 43.7 Å². The van der Waals surface area contributed by atoms with Crippen LogP contribution in [0.2, 0.25) is 5.02 Å². The van der Waals surface area contributed by atoms with Crippen molar-refractivity contribution in [1.29, 1.82) is 0 Å². The summed E-state index contributed by atoms with van der Waals surface area (Å²) in [5, 5.41) is 3.70. The highest BCUT2D eigenvalue weighted by Gasteiger charge is 2.30. The fourth-order valence-corrected chi connectivity index (χ4v) is 4.87. The summed E-state index contributed by atoms with van der Waals surface area (Å²) >= 11 is 11.1. The van der Waals surface area contributed by atoms with Crippen molar-refractivity contribution in [3.63, 3.8) is 0 Å². The molecule has 0 heterocycles. The second kappa shape index (κ2) is 14.3. The van der Waals surface area contributed by atoms with Crippen LogP contribution in [0.5, 0.6) is 0 Å². The number of carbonyl (C=O) groups is 2. The molecule has 0 fully saturated rings. The average molecular weight is 574 g/mol. The third kappa shape index (κ3) is 9.02. The van der Waals surface area contributed by atoms with E-state index >= 15 is 0 Å². The molecule has 1 atom stereocenters. The zero-order chi connectivity index (χ0) is 25.0. The van der Waals surface area contributed by atoms with Crippen molar-refractivity contribution in [2.75, 3.05) is 12.3 Å². The van der Waals surface area contributed by atoms with E-state index in [9.17, 15) is 9.59 Å². The molecule has 0 aromatic heterocycles. The lowest BCUT2D eigenvalue weighted by molar-refractivity contribution is -0.141. The molecule has 1 unspecified atom stereocenters. The summed E-state index contributed by atoms with van der Waals surface area (Å²) in [6, 6.07) is 24.7. The number of carbonyl (C=O) groups excluding carboxylic acids is 2. The molecule has 2 amide bonds. The van der Waals surface area contributed by atoms with Gasteiger partial charge in [-0.3, -0.25) is 9.59 Å². The van der Waals surface area contributed by atoms with Crippen LogP contribution in [0.15, 0.2) is 88.2 Å². The molecule has 0 aliphatic heterocycles. The van der Waals surface area contributed by atoms with Crippen LogP contribution < -0.4 is 5.32 Å². The molecule has 3 aromatic carbocycles. The van der Waals surface area contributed by atoms with Gasteiger partial charge in [0.25, 0.3) is 0 Å². The summed E-state index contributed by atoms with van der Waals surface area (Å²) in [5.41, 5.74) is 2.00. The normalized spacial score (nSPS) is 11.6. The zero-order valence-corrected chi connectivity index (χ0v) is 22.9. The number of thioether (sulfide) groups is 1. The third-order valence-electron chi connectivity index (χ3n) is 5.48. The van der Waals surface area contributed by atoms with Gasteiger partial charge in [0.1, 0.15) is 6.04 Å². The SMILES string of the molecule is CCCNC(=O)C(Cc1ccccc1)N(Cc1ccc(Br)cc1)C(=O)CCSc1ccc(Cl)cc1. The Morgan fingerprint density at radius 3 is 2.31 bits per heavy atom. The molecular weight excluding hydrogens is 544 g/mol. The molecule has 7 heteroatoms. The fraction of sp³-hybridized carbons (Fsp3) is 0.286. The molecule has 3 aromatic rings. The van der Waals surface area contributed by atoms with Crippen molar-refractivity contribution in [3.05, 3.63) is 99.5 Å². The summed E-state index contributed by atoms with van der Waals surface area (Å²) in [5.74, 6) is 0.458.